The van der Waals surface area contributed by atoms with Gasteiger partial charge in [-0.3, -0.25) is 9.78 Å². The number of aromatic nitrogens is 1. The molecule has 0 spiro atoms. The van der Waals surface area contributed by atoms with Crippen LogP contribution in [0.4, 0.5) is 0 Å². The Morgan fingerprint density at radius 2 is 2.47 bits per heavy atom. The molecule has 0 aliphatic rings. The SMILES string of the molecule is CC(CC(=O)O)SCc1cc(Cl)ccn1. The number of pyridine rings is 1. The largest absolute Gasteiger partial charge is 0.481 e. The maximum absolute atomic E-state index is 10.4. The van der Waals surface area contributed by atoms with Gasteiger partial charge < -0.3 is 5.11 Å². The van der Waals surface area contributed by atoms with E-state index in [0.717, 1.165) is 5.69 Å². The van der Waals surface area contributed by atoms with Gasteiger partial charge in [-0.1, -0.05) is 18.5 Å². The lowest BCUT2D eigenvalue weighted by Gasteiger charge is -2.07. The molecule has 1 heterocycles. The van der Waals surface area contributed by atoms with E-state index in [9.17, 15) is 4.79 Å². The summed E-state index contributed by atoms with van der Waals surface area (Å²) in [7, 11) is 0. The summed E-state index contributed by atoms with van der Waals surface area (Å²) in [5, 5.41) is 9.32. The molecule has 0 amide bonds. The van der Waals surface area contributed by atoms with Crippen molar-refractivity contribution in [3.8, 4) is 0 Å². The number of carboxylic acids is 1. The Bertz CT molecular complexity index is 346. The molecule has 1 N–H and O–H groups in total. The van der Waals surface area contributed by atoms with Crippen LogP contribution in [0.1, 0.15) is 19.0 Å². The molecule has 3 nitrogen and oxygen atoms in total. The van der Waals surface area contributed by atoms with Crippen molar-refractivity contribution in [2.24, 2.45) is 0 Å². The number of hydrogen-bond donors (Lipinski definition) is 1. The lowest BCUT2D eigenvalue weighted by molar-refractivity contribution is -0.136. The average Bonchev–Trinajstić information content (AvgIpc) is 2.14. The first kappa shape index (κ1) is 12.3. The highest BCUT2D eigenvalue weighted by Gasteiger charge is 2.08. The molecular formula is C10H12ClNO2S. The van der Waals surface area contributed by atoms with E-state index in [1.807, 2.05) is 6.92 Å². The molecule has 1 atom stereocenters. The molecule has 82 valence electrons. The van der Waals surface area contributed by atoms with Gasteiger partial charge in [0, 0.05) is 22.2 Å². The van der Waals surface area contributed by atoms with Gasteiger partial charge in [0.05, 0.1) is 12.1 Å². The minimum atomic E-state index is -0.769. The van der Waals surface area contributed by atoms with E-state index in [2.05, 4.69) is 4.98 Å². The van der Waals surface area contributed by atoms with Crippen molar-refractivity contribution < 1.29 is 9.90 Å². The van der Waals surface area contributed by atoms with E-state index in [1.54, 1.807) is 30.1 Å². The van der Waals surface area contributed by atoms with Crippen molar-refractivity contribution in [2.45, 2.75) is 24.3 Å². The highest BCUT2D eigenvalue weighted by atomic mass is 35.5. The Morgan fingerprint density at radius 1 is 1.73 bits per heavy atom. The van der Waals surface area contributed by atoms with Crippen molar-refractivity contribution in [1.29, 1.82) is 0 Å². The van der Waals surface area contributed by atoms with Crippen molar-refractivity contribution in [2.75, 3.05) is 0 Å². The molecule has 1 rings (SSSR count). The molecule has 0 aliphatic carbocycles. The summed E-state index contributed by atoms with van der Waals surface area (Å²) in [5.41, 5.74) is 0.879. The van der Waals surface area contributed by atoms with E-state index in [0.29, 0.717) is 10.8 Å². The topological polar surface area (TPSA) is 50.2 Å². The smallest absolute Gasteiger partial charge is 0.304 e. The minimum absolute atomic E-state index is 0.0864. The fourth-order valence-electron chi connectivity index (χ4n) is 1.06. The van der Waals surface area contributed by atoms with Gasteiger partial charge in [-0.25, -0.2) is 0 Å². The number of thioether (sulfide) groups is 1. The van der Waals surface area contributed by atoms with Crippen LogP contribution in [0.15, 0.2) is 18.3 Å². The number of nitrogens with zero attached hydrogens (tertiary/aromatic N) is 1. The summed E-state index contributed by atoms with van der Waals surface area (Å²) in [5.74, 6) is -0.0799. The third kappa shape index (κ3) is 5.04. The molecule has 1 aromatic rings. The summed E-state index contributed by atoms with van der Waals surface area (Å²) in [6.07, 6.45) is 1.82. The molecule has 0 aliphatic heterocycles. The van der Waals surface area contributed by atoms with E-state index >= 15 is 0 Å². The first-order chi connectivity index (χ1) is 7.08. The van der Waals surface area contributed by atoms with Crippen LogP contribution in [-0.2, 0) is 10.5 Å². The zero-order valence-corrected chi connectivity index (χ0v) is 9.88. The Balaban J connectivity index is 2.40. The van der Waals surface area contributed by atoms with Gasteiger partial charge in [-0.05, 0) is 12.1 Å². The first-order valence-corrected chi connectivity index (χ1v) is 5.94. The summed E-state index contributed by atoms with van der Waals surface area (Å²) in [4.78, 5) is 14.6. The standard InChI is InChI=1S/C10H12ClNO2S/c1-7(4-10(13)14)15-6-9-5-8(11)2-3-12-9/h2-3,5,7H,4,6H2,1H3,(H,13,14). The highest BCUT2D eigenvalue weighted by Crippen LogP contribution is 2.20. The zero-order valence-electron chi connectivity index (χ0n) is 8.31. The van der Waals surface area contributed by atoms with Gasteiger partial charge in [-0.15, -0.1) is 0 Å². The van der Waals surface area contributed by atoms with Gasteiger partial charge in [0.1, 0.15) is 0 Å². The molecule has 0 saturated heterocycles. The molecule has 0 bridgehead atoms. The molecule has 0 radical (unpaired) electrons. The molecule has 0 aromatic carbocycles. The first-order valence-electron chi connectivity index (χ1n) is 4.51. The molecule has 1 unspecified atom stereocenters. The summed E-state index contributed by atoms with van der Waals surface area (Å²) in [6.45, 7) is 1.89. The molecule has 5 heteroatoms. The molecule has 15 heavy (non-hydrogen) atoms. The van der Waals surface area contributed by atoms with Crippen LogP contribution >= 0.6 is 23.4 Å². The normalized spacial score (nSPS) is 12.4. The van der Waals surface area contributed by atoms with Gasteiger partial charge in [0.2, 0.25) is 0 Å². The number of carbonyl (C=O) groups is 1. The maximum Gasteiger partial charge on any atom is 0.304 e. The molecule has 0 fully saturated rings. The quantitative estimate of drug-likeness (QED) is 0.867. The van der Waals surface area contributed by atoms with Crippen molar-refractivity contribution in [3.05, 3.63) is 29.0 Å². The van der Waals surface area contributed by atoms with Gasteiger partial charge >= 0.3 is 5.97 Å². The number of carboxylic acid groups (broad SMARTS) is 1. The lowest BCUT2D eigenvalue weighted by atomic mass is 10.3. The number of halogens is 1. The fraction of sp³-hybridized carbons (Fsp3) is 0.400. The van der Waals surface area contributed by atoms with Crippen LogP contribution in [0.2, 0.25) is 5.02 Å². The van der Waals surface area contributed by atoms with Crippen LogP contribution in [0, 0.1) is 0 Å². The Morgan fingerprint density at radius 3 is 3.07 bits per heavy atom. The van der Waals surface area contributed by atoms with Crippen LogP contribution in [0.25, 0.3) is 0 Å². The second kappa shape index (κ2) is 5.98. The van der Waals surface area contributed by atoms with E-state index < -0.39 is 5.97 Å². The van der Waals surface area contributed by atoms with E-state index in [4.69, 9.17) is 16.7 Å². The number of hydrogen-bond acceptors (Lipinski definition) is 3. The highest BCUT2D eigenvalue weighted by molar-refractivity contribution is 7.99. The summed E-state index contributed by atoms with van der Waals surface area (Å²) in [6, 6.07) is 3.51. The summed E-state index contributed by atoms with van der Waals surface area (Å²) < 4.78 is 0. The second-order valence-corrected chi connectivity index (χ2v) is 5.05. The monoisotopic (exact) mass is 245 g/mol. The van der Waals surface area contributed by atoms with Crippen molar-refractivity contribution >= 4 is 29.3 Å². The third-order valence-electron chi connectivity index (χ3n) is 1.76. The lowest BCUT2D eigenvalue weighted by Crippen LogP contribution is -2.06. The van der Waals surface area contributed by atoms with E-state index in [-0.39, 0.29) is 11.7 Å². The van der Waals surface area contributed by atoms with Crippen LogP contribution in [-0.4, -0.2) is 21.3 Å². The van der Waals surface area contributed by atoms with Crippen molar-refractivity contribution in [3.63, 3.8) is 0 Å². The number of rotatable bonds is 5. The Hall–Kier alpha value is -0.740. The minimum Gasteiger partial charge on any atom is -0.481 e. The fourth-order valence-corrected chi connectivity index (χ4v) is 2.12. The molecule has 0 saturated carbocycles. The summed E-state index contributed by atoms with van der Waals surface area (Å²) >= 11 is 7.37. The Kier molecular flexibility index (Phi) is 4.91. The second-order valence-electron chi connectivity index (χ2n) is 3.18. The zero-order chi connectivity index (χ0) is 11.3. The van der Waals surface area contributed by atoms with Crippen molar-refractivity contribution in [1.82, 2.24) is 4.98 Å². The number of aliphatic carboxylic acids is 1. The van der Waals surface area contributed by atoms with Crippen LogP contribution in [0.5, 0.6) is 0 Å². The maximum atomic E-state index is 10.4. The predicted octanol–water partition coefficient (Wildman–Crippen LogP) is 2.83. The van der Waals surface area contributed by atoms with Gasteiger partial charge in [-0.2, -0.15) is 11.8 Å². The molecule has 1 aromatic heterocycles. The van der Waals surface area contributed by atoms with Gasteiger partial charge in [0.25, 0.3) is 0 Å². The predicted molar refractivity (Wildman–Crippen MR) is 62.3 cm³/mol. The third-order valence-corrected chi connectivity index (χ3v) is 3.19. The molecular weight excluding hydrogens is 234 g/mol. The van der Waals surface area contributed by atoms with E-state index in [1.165, 1.54) is 0 Å². The van der Waals surface area contributed by atoms with Crippen LogP contribution in [0.3, 0.4) is 0 Å². The Labute approximate surface area is 97.9 Å². The van der Waals surface area contributed by atoms with Crippen LogP contribution < -0.4 is 0 Å². The van der Waals surface area contributed by atoms with Gasteiger partial charge in [0.15, 0.2) is 0 Å². The average molecular weight is 246 g/mol.